The van der Waals surface area contributed by atoms with Crippen molar-refractivity contribution in [3.63, 3.8) is 0 Å². The largest absolute Gasteiger partial charge is 0.511 e. The monoisotopic (exact) mass is 304 g/mol. The standard InChI is InChI=1S/C15H13ClN2O3/c1-9(19)7-18-15(21)14-13(20)6-10(8-17-14)11-4-2-3-5-12(11)16/h2-6,8,19-20H,1,7H2,(H,18,21). The predicted octanol–water partition coefficient (Wildman–Crippen LogP) is 2.91. The molecule has 2 rings (SSSR count). The van der Waals surface area contributed by atoms with E-state index in [0.717, 1.165) is 0 Å². The van der Waals surface area contributed by atoms with E-state index in [0.29, 0.717) is 16.1 Å². The summed E-state index contributed by atoms with van der Waals surface area (Å²) in [5.74, 6) is -1.06. The number of nitrogens with one attached hydrogen (secondary N) is 1. The second kappa shape index (κ2) is 6.28. The summed E-state index contributed by atoms with van der Waals surface area (Å²) < 4.78 is 0. The summed E-state index contributed by atoms with van der Waals surface area (Å²) in [6, 6.07) is 8.53. The van der Waals surface area contributed by atoms with Crippen LogP contribution < -0.4 is 5.32 Å². The number of aromatic hydroxyl groups is 1. The first-order valence-corrected chi connectivity index (χ1v) is 6.45. The molecule has 5 nitrogen and oxygen atoms in total. The Morgan fingerprint density at radius 1 is 1.38 bits per heavy atom. The predicted molar refractivity (Wildman–Crippen MR) is 80.4 cm³/mol. The molecule has 1 aromatic heterocycles. The van der Waals surface area contributed by atoms with Gasteiger partial charge in [-0.05, 0) is 12.1 Å². The molecule has 0 fully saturated rings. The van der Waals surface area contributed by atoms with Crippen LogP contribution in [0.5, 0.6) is 5.75 Å². The van der Waals surface area contributed by atoms with E-state index in [9.17, 15) is 9.90 Å². The molecule has 3 N–H and O–H groups in total. The zero-order valence-electron chi connectivity index (χ0n) is 11.0. The van der Waals surface area contributed by atoms with Crippen molar-refractivity contribution in [1.29, 1.82) is 0 Å². The minimum Gasteiger partial charge on any atom is -0.511 e. The number of carbonyl (C=O) groups excluding carboxylic acids is 1. The van der Waals surface area contributed by atoms with Gasteiger partial charge in [0.05, 0.1) is 6.54 Å². The van der Waals surface area contributed by atoms with E-state index in [1.54, 1.807) is 18.2 Å². The Hall–Kier alpha value is -2.53. The zero-order chi connectivity index (χ0) is 15.4. The lowest BCUT2D eigenvalue weighted by atomic mass is 10.1. The van der Waals surface area contributed by atoms with E-state index < -0.39 is 5.91 Å². The van der Waals surface area contributed by atoms with E-state index in [4.69, 9.17) is 16.7 Å². The van der Waals surface area contributed by atoms with Gasteiger partial charge >= 0.3 is 0 Å². The molecule has 1 aromatic carbocycles. The van der Waals surface area contributed by atoms with Gasteiger partial charge in [0.15, 0.2) is 5.69 Å². The highest BCUT2D eigenvalue weighted by atomic mass is 35.5. The van der Waals surface area contributed by atoms with E-state index in [-0.39, 0.29) is 23.7 Å². The molecule has 2 aromatic rings. The van der Waals surface area contributed by atoms with E-state index in [1.165, 1.54) is 12.3 Å². The lowest BCUT2D eigenvalue weighted by molar-refractivity contribution is 0.0944. The molecule has 0 saturated heterocycles. The second-order valence-corrected chi connectivity index (χ2v) is 4.73. The van der Waals surface area contributed by atoms with Gasteiger partial charge in [0.25, 0.3) is 5.91 Å². The van der Waals surface area contributed by atoms with Crippen LogP contribution in [0, 0.1) is 0 Å². The third-order valence-electron chi connectivity index (χ3n) is 2.72. The average Bonchev–Trinajstić information content (AvgIpc) is 2.45. The Labute approximate surface area is 126 Å². The van der Waals surface area contributed by atoms with Crippen molar-refractivity contribution in [2.24, 2.45) is 0 Å². The van der Waals surface area contributed by atoms with Crippen LogP contribution in [0.1, 0.15) is 10.5 Å². The highest BCUT2D eigenvalue weighted by Crippen LogP contribution is 2.30. The summed E-state index contributed by atoms with van der Waals surface area (Å²) in [7, 11) is 0. The molecular formula is C15H13ClN2O3. The molecule has 1 heterocycles. The van der Waals surface area contributed by atoms with Crippen LogP contribution in [0.3, 0.4) is 0 Å². The van der Waals surface area contributed by atoms with Crippen LogP contribution in [0.25, 0.3) is 11.1 Å². The van der Waals surface area contributed by atoms with Crippen LogP contribution in [0.2, 0.25) is 5.02 Å². The van der Waals surface area contributed by atoms with Crippen LogP contribution in [0.15, 0.2) is 48.9 Å². The third kappa shape index (κ3) is 3.52. The number of hydrogen-bond acceptors (Lipinski definition) is 4. The topological polar surface area (TPSA) is 82.5 Å². The van der Waals surface area contributed by atoms with Crippen LogP contribution in [-0.2, 0) is 0 Å². The zero-order valence-corrected chi connectivity index (χ0v) is 11.8. The number of nitrogens with zero attached hydrogens (tertiary/aromatic N) is 1. The third-order valence-corrected chi connectivity index (χ3v) is 3.05. The number of carbonyl (C=O) groups is 1. The fourth-order valence-electron chi connectivity index (χ4n) is 1.74. The van der Waals surface area contributed by atoms with Gasteiger partial charge in [0.2, 0.25) is 0 Å². The molecule has 0 aliphatic rings. The van der Waals surface area contributed by atoms with E-state index in [2.05, 4.69) is 16.9 Å². The SMILES string of the molecule is C=C(O)CNC(=O)c1ncc(-c2ccccc2Cl)cc1O. The van der Waals surface area contributed by atoms with Gasteiger partial charge < -0.3 is 15.5 Å². The number of aliphatic hydroxyl groups is 1. The summed E-state index contributed by atoms with van der Waals surface area (Å²) in [5.41, 5.74) is 1.17. The van der Waals surface area contributed by atoms with Crippen molar-refractivity contribution >= 4 is 17.5 Å². The molecule has 0 unspecified atom stereocenters. The summed E-state index contributed by atoms with van der Waals surface area (Å²) in [6.07, 6.45) is 1.45. The summed E-state index contributed by atoms with van der Waals surface area (Å²) in [4.78, 5) is 15.7. The molecule has 0 atom stereocenters. The van der Waals surface area contributed by atoms with Gasteiger partial charge in [-0.25, -0.2) is 4.98 Å². The summed E-state index contributed by atoms with van der Waals surface area (Å²) in [6.45, 7) is 3.14. The van der Waals surface area contributed by atoms with Crippen molar-refractivity contribution in [3.05, 3.63) is 59.6 Å². The van der Waals surface area contributed by atoms with E-state index in [1.807, 2.05) is 6.07 Å². The number of rotatable bonds is 4. The Kier molecular flexibility index (Phi) is 4.45. The molecule has 0 aliphatic heterocycles. The number of aromatic nitrogens is 1. The number of aliphatic hydroxyl groups excluding tert-OH is 1. The Morgan fingerprint density at radius 2 is 2.10 bits per heavy atom. The van der Waals surface area contributed by atoms with Crippen molar-refractivity contribution in [1.82, 2.24) is 10.3 Å². The van der Waals surface area contributed by atoms with Crippen LogP contribution in [-0.4, -0.2) is 27.6 Å². The van der Waals surface area contributed by atoms with E-state index >= 15 is 0 Å². The molecule has 0 bridgehead atoms. The number of halogens is 1. The molecule has 1 amide bonds. The normalized spacial score (nSPS) is 10.1. The van der Waals surface area contributed by atoms with Gasteiger partial charge in [0.1, 0.15) is 11.5 Å². The van der Waals surface area contributed by atoms with Gasteiger partial charge in [-0.1, -0.05) is 36.4 Å². The molecule has 6 heteroatoms. The van der Waals surface area contributed by atoms with Crippen LogP contribution >= 0.6 is 11.6 Å². The lowest BCUT2D eigenvalue weighted by Crippen LogP contribution is -2.26. The lowest BCUT2D eigenvalue weighted by Gasteiger charge is -2.08. The molecule has 0 aliphatic carbocycles. The first-order valence-electron chi connectivity index (χ1n) is 6.08. The van der Waals surface area contributed by atoms with Crippen molar-refractivity contribution in [2.45, 2.75) is 0 Å². The highest BCUT2D eigenvalue weighted by molar-refractivity contribution is 6.33. The fourth-order valence-corrected chi connectivity index (χ4v) is 1.98. The number of pyridine rings is 1. The van der Waals surface area contributed by atoms with Crippen molar-refractivity contribution < 1.29 is 15.0 Å². The van der Waals surface area contributed by atoms with Gasteiger partial charge in [-0.2, -0.15) is 0 Å². The quantitative estimate of drug-likeness (QED) is 0.759. The second-order valence-electron chi connectivity index (χ2n) is 4.32. The fraction of sp³-hybridized carbons (Fsp3) is 0.0667. The first kappa shape index (κ1) is 14.9. The average molecular weight is 305 g/mol. The van der Waals surface area contributed by atoms with Gasteiger partial charge in [-0.15, -0.1) is 0 Å². The van der Waals surface area contributed by atoms with Crippen molar-refractivity contribution in [3.8, 4) is 16.9 Å². The van der Waals surface area contributed by atoms with Gasteiger partial charge in [0, 0.05) is 22.3 Å². The maximum atomic E-state index is 11.8. The minimum atomic E-state index is -0.603. The number of amides is 1. The van der Waals surface area contributed by atoms with Crippen molar-refractivity contribution in [2.75, 3.05) is 6.54 Å². The molecule has 108 valence electrons. The minimum absolute atomic E-state index is 0.105. The van der Waals surface area contributed by atoms with Crippen LogP contribution in [0.4, 0.5) is 0 Å². The maximum Gasteiger partial charge on any atom is 0.274 e. The Bertz CT molecular complexity index is 701. The Morgan fingerprint density at radius 3 is 2.71 bits per heavy atom. The first-order chi connectivity index (χ1) is 9.99. The number of hydrogen-bond donors (Lipinski definition) is 3. The number of benzene rings is 1. The van der Waals surface area contributed by atoms with Gasteiger partial charge in [-0.3, -0.25) is 4.79 Å². The maximum absolute atomic E-state index is 11.8. The highest BCUT2D eigenvalue weighted by Gasteiger charge is 2.14. The summed E-state index contributed by atoms with van der Waals surface area (Å²) >= 11 is 6.07. The molecule has 21 heavy (non-hydrogen) atoms. The Balaban J connectivity index is 2.28. The smallest absolute Gasteiger partial charge is 0.274 e. The molecule has 0 saturated carbocycles. The summed E-state index contributed by atoms with van der Waals surface area (Å²) in [5, 5.41) is 21.8. The molecule has 0 radical (unpaired) electrons. The molecular weight excluding hydrogens is 292 g/mol. The molecule has 0 spiro atoms.